The summed E-state index contributed by atoms with van der Waals surface area (Å²) in [6.45, 7) is 3.31. The first-order chi connectivity index (χ1) is 11.3. The van der Waals surface area contributed by atoms with Crippen molar-refractivity contribution in [2.24, 2.45) is 0 Å². The molecule has 0 spiro atoms. The first-order valence-electron chi connectivity index (χ1n) is 7.43. The number of hydrogen-bond donors (Lipinski definition) is 2. The monoisotopic (exact) mass is 366 g/mol. The summed E-state index contributed by atoms with van der Waals surface area (Å²) >= 11 is 5.94. The maximum atomic E-state index is 12.2. The molecule has 0 heterocycles. The first-order valence-corrected chi connectivity index (χ1v) is 9.29. The second-order valence-electron chi connectivity index (χ2n) is 5.44. The lowest BCUT2D eigenvalue weighted by molar-refractivity contribution is -0.123. The van der Waals surface area contributed by atoms with Gasteiger partial charge in [0.05, 0.1) is 17.0 Å². The van der Waals surface area contributed by atoms with E-state index in [9.17, 15) is 13.2 Å². The van der Waals surface area contributed by atoms with E-state index in [-0.39, 0.29) is 10.9 Å². The molecule has 1 amide bonds. The fraction of sp³-hybridized carbons (Fsp3) is 0.235. The highest BCUT2D eigenvalue weighted by Gasteiger charge is 2.23. The van der Waals surface area contributed by atoms with E-state index in [1.54, 1.807) is 36.4 Å². The van der Waals surface area contributed by atoms with Gasteiger partial charge >= 0.3 is 0 Å². The molecule has 24 heavy (non-hydrogen) atoms. The highest BCUT2D eigenvalue weighted by molar-refractivity contribution is 7.89. The molecule has 0 radical (unpaired) electrons. The summed E-state index contributed by atoms with van der Waals surface area (Å²) in [6, 6.07) is 13.9. The number of rotatable bonds is 6. The Morgan fingerprint density at radius 1 is 1.04 bits per heavy atom. The van der Waals surface area contributed by atoms with Gasteiger partial charge in [0.2, 0.25) is 15.9 Å². The van der Waals surface area contributed by atoms with Crippen LogP contribution in [0.5, 0.6) is 0 Å². The van der Waals surface area contributed by atoms with Crippen molar-refractivity contribution >= 4 is 27.5 Å². The number of carbonyl (C=O) groups is 1. The number of sulfonamides is 1. The SMILES string of the molecule is CC(NS(=O)(=O)c1ccccc1)C(=O)NC(C)c1cccc(Cl)c1. The number of benzene rings is 2. The fourth-order valence-corrected chi connectivity index (χ4v) is 3.57. The molecular weight excluding hydrogens is 348 g/mol. The number of amides is 1. The number of hydrogen-bond acceptors (Lipinski definition) is 3. The quantitative estimate of drug-likeness (QED) is 0.825. The second kappa shape index (κ2) is 7.79. The van der Waals surface area contributed by atoms with Gasteiger partial charge in [-0.1, -0.05) is 41.9 Å². The Morgan fingerprint density at radius 2 is 1.71 bits per heavy atom. The third kappa shape index (κ3) is 4.80. The van der Waals surface area contributed by atoms with Gasteiger partial charge in [0.1, 0.15) is 0 Å². The normalized spacial score (nSPS) is 14.0. The van der Waals surface area contributed by atoms with Gasteiger partial charge in [-0.15, -0.1) is 0 Å². The molecule has 0 aromatic heterocycles. The van der Waals surface area contributed by atoms with Crippen LogP contribution in [0.15, 0.2) is 59.5 Å². The summed E-state index contributed by atoms with van der Waals surface area (Å²) in [5.74, 6) is -0.415. The molecule has 2 aromatic carbocycles. The fourth-order valence-electron chi connectivity index (χ4n) is 2.15. The van der Waals surface area contributed by atoms with Crippen LogP contribution in [0.1, 0.15) is 25.5 Å². The van der Waals surface area contributed by atoms with Crippen molar-refractivity contribution in [1.29, 1.82) is 0 Å². The van der Waals surface area contributed by atoms with Crippen LogP contribution in [0.25, 0.3) is 0 Å². The minimum Gasteiger partial charge on any atom is -0.348 e. The van der Waals surface area contributed by atoms with Crippen molar-refractivity contribution in [3.05, 3.63) is 65.2 Å². The minimum absolute atomic E-state index is 0.118. The lowest BCUT2D eigenvalue weighted by Crippen LogP contribution is -2.45. The van der Waals surface area contributed by atoms with Crippen LogP contribution >= 0.6 is 11.6 Å². The predicted octanol–water partition coefficient (Wildman–Crippen LogP) is 2.88. The molecule has 2 aromatic rings. The molecule has 5 nitrogen and oxygen atoms in total. The molecule has 0 bridgehead atoms. The first kappa shape index (κ1) is 18.4. The Hall–Kier alpha value is -1.89. The van der Waals surface area contributed by atoms with E-state index in [1.165, 1.54) is 19.1 Å². The Labute approximate surface area is 147 Å². The van der Waals surface area contributed by atoms with Crippen LogP contribution < -0.4 is 10.0 Å². The molecule has 7 heteroatoms. The van der Waals surface area contributed by atoms with Crippen LogP contribution in [-0.4, -0.2) is 20.4 Å². The summed E-state index contributed by atoms with van der Waals surface area (Å²) in [5, 5.41) is 3.35. The molecule has 0 fully saturated rings. The van der Waals surface area contributed by atoms with Gasteiger partial charge in [0.15, 0.2) is 0 Å². The summed E-state index contributed by atoms with van der Waals surface area (Å²) < 4.78 is 26.9. The largest absolute Gasteiger partial charge is 0.348 e. The molecule has 0 aliphatic carbocycles. The summed E-state index contributed by atoms with van der Waals surface area (Å²) in [5.41, 5.74) is 0.842. The zero-order valence-electron chi connectivity index (χ0n) is 13.4. The number of carbonyl (C=O) groups excluding carboxylic acids is 1. The van der Waals surface area contributed by atoms with Crippen LogP contribution in [0.2, 0.25) is 5.02 Å². The molecule has 0 saturated heterocycles. The van der Waals surface area contributed by atoms with Gasteiger partial charge in [-0.2, -0.15) is 4.72 Å². The van der Waals surface area contributed by atoms with Crippen molar-refractivity contribution in [3.63, 3.8) is 0 Å². The average Bonchev–Trinajstić information content (AvgIpc) is 2.55. The van der Waals surface area contributed by atoms with E-state index < -0.39 is 22.0 Å². The lowest BCUT2D eigenvalue weighted by Gasteiger charge is -2.19. The van der Waals surface area contributed by atoms with E-state index in [0.29, 0.717) is 5.02 Å². The highest BCUT2D eigenvalue weighted by atomic mass is 35.5. The molecule has 0 aliphatic rings. The maximum absolute atomic E-state index is 12.2. The molecule has 0 saturated carbocycles. The van der Waals surface area contributed by atoms with Gasteiger partial charge in [0, 0.05) is 5.02 Å². The maximum Gasteiger partial charge on any atom is 0.241 e. The number of nitrogens with one attached hydrogen (secondary N) is 2. The minimum atomic E-state index is -3.74. The molecular formula is C17H19ClN2O3S. The Balaban J connectivity index is 2.02. The molecule has 2 unspecified atom stereocenters. The van der Waals surface area contributed by atoms with Crippen LogP contribution in [0, 0.1) is 0 Å². The average molecular weight is 367 g/mol. The molecule has 2 N–H and O–H groups in total. The van der Waals surface area contributed by atoms with Crippen LogP contribution in [-0.2, 0) is 14.8 Å². The van der Waals surface area contributed by atoms with E-state index in [1.807, 2.05) is 13.0 Å². The Morgan fingerprint density at radius 3 is 2.33 bits per heavy atom. The highest BCUT2D eigenvalue weighted by Crippen LogP contribution is 2.17. The van der Waals surface area contributed by atoms with Crippen molar-refractivity contribution in [3.8, 4) is 0 Å². The van der Waals surface area contributed by atoms with Gasteiger partial charge < -0.3 is 5.32 Å². The van der Waals surface area contributed by atoms with Crippen molar-refractivity contribution < 1.29 is 13.2 Å². The van der Waals surface area contributed by atoms with Crippen LogP contribution in [0.4, 0.5) is 0 Å². The van der Waals surface area contributed by atoms with Crippen molar-refractivity contribution in [2.75, 3.05) is 0 Å². The number of halogens is 1. The summed E-state index contributed by atoms with van der Waals surface area (Å²) in [6.07, 6.45) is 0. The van der Waals surface area contributed by atoms with Gasteiger partial charge in [-0.25, -0.2) is 8.42 Å². The summed E-state index contributed by atoms with van der Waals surface area (Å²) in [4.78, 5) is 12.4. The smallest absolute Gasteiger partial charge is 0.241 e. The zero-order valence-corrected chi connectivity index (χ0v) is 14.9. The molecule has 2 rings (SSSR count). The third-order valence-electron chi connectivity index (χ3n) is 3.49. The van der Waals surface area contributed by atoms with E-state index in [2.05, 4.69) is 10.0 Å². The standard InChI is InChI=1S/C17H19ClN2O3S/c1-12(14-7-6-8-15(18)11-14)19-17(21)13(2)20-24(22,23)16-9-4-3-5-10-16/h3-13,20H,1-2H3,(H,19,21). The van der Waals surface area contributed by atoms with Crippen molar-refractivity contribution in [1.82, 2.24) is 10.0 Å². The van der Waals surface area contributed by atoms with E-state index in [4.69, 9.17) is 11.6 Å². The van der Waals surface area contributed by atoms with Crippen molar-refractivity contribution in [2.45, 2.75) is 30.8 Å². The molecule has 2 atom stereocenters. The Kier molecular flexibility index (Phi) is 5.99. The third-order valence-corrected chi connectivity index (χ3v) is 5.28. The molecule has 128 valence electrons. The van der Waals surface area contributed by atoms with Gasteiger partial charge in [-0.3, -0.25) is 4.79 Å². The summed E-state index contributed by atoms with van der Waals surface area (Å²) in [7, 11) is -3.74. The topological polar surface area (TPSA) is 75.3 Å². The second-order valence-corrected chi connectivity index (χ2v) is 7.59. The van der Waals surface area contributed by atoms with E-state index >= 15 is 0 Å². The Bertz CT molecular complexity index is 810. The van der Waals surface area contributed by atoms with Gasteiger partial charge in [-0.05, 0) is 43.7 Å². The lowest BCUT2D eigenvalue weighted by atomic mass is 10.1. The van der Waals surface area contributed by atoms with Gasteiger partial charge in [0.25, 0.3) is 0 Å². The van der Waals surface area contributed by atoms with E-state index in [0.717, 1.165) is 5.56 Å². The van der Waals surface area contributed by atoms with Crippen LogP contribution in [0.3, 0.4) is 0 Å². The predicted molar refractivity (Wildman–Crippen MR) is 94.2 cm³/mol. The zero-order chi connectivity index (χ0) is 17.7. The molecule has 0 aliphatic heterocycles.